The molecule has 0 fully saturated rings. The Morgan fingerprint density at radius 1 is 0.970 bits per heavy atom. The molecule has 0 amide bonds. The van der Waals surface area contributed by atoms with Crippen LogP contribution in [0.2, 0.25) is 5.02 Å². The highest BCUT2D eigenvalue weighted by Gasteiger charge is 2.17. The molecule has 1 aliphatic rings. The molecular formula is C25H16ClN3O4. The first-order valence-corrected chi connectivity index (χ1v) is 10.7. The lowest BCUT2D eigenvalue weighted by Gasteiger charge is -2.18. The van der Waals surface area contributed by atoms with Gasteiger partial charge in [-0.15, -0.1) is 0 Å². The molecule has 8 heteroatoms. The van der Waals surface area contributed by atoms with Crippen LogP contribution in [0.4, 0.5) is 0 Å². The van der Waals surface area contributed by atoms with Crippen molar-refractivity contribution in [3.63, 3.8) is 0 Å². The number of hydrogen-bond acceptors (Lipinski definition) is 6. The van der Waals surface area contributed by atoms with Gasteiger partial charge in [-0.3, -0.25) is 4.79 Å². The second kappa shape index (κ2) is 7.79. The Labute approximate surface area is 192 Å². The maximum atomic E-state index is 13.3. The lowest BCUT2D eigenvalue weighted by Crippen LogP contribution is -2.20. The van der Waals surface area contributed by atoms with Gasteiger partial charge in [0.15, 0.2) is 17.3 Å². The van der Waals surface area contributed by atoms with Crippen LogP contribution in [0.5, 0.6) is 11.5 Å². The van der Waals surface area contributed by atoms with E-state index in [-0.39, 0.29) is 5.56 Å². The van der Waals surface area contributed by atoms with Crippen molar-refractivity contribution in [3.8, 4) is 23.1 Å². The predicted octanol–water partition coefficient (Wildman–Crippen LogP) is 5.12. The summed E-state index contributed by atoms with van der Waals surface area (Å²) in [6.07, 6.45) is 1.58. The molecule has 7 nitrogen and oxygen atoms in total. The SMILES string of the molecule is O=c1c2ccccc2nc(-c2cc3cc(Cl)ccc3o2)n1N=Cc1ccc2c(c1)OCCO2. The van der Waals surface area contributed by atoms with E-state index in [2.05, 4.69) is 10.1 Å². The molecule has 0 atom stereocenters. The van der Waals surface area contributed by atoms with Crippen LogP contribution in [-0.4, -0.2) is 29.1 Å². The zero-order valence-electron chi connectivity index (χ0n) is 17.2. The summed E-state index contributed by atoms with van der Waals surface area (Å²) in [6, 6.07) is 19.8. The predicted molar refractivity (Wildman–Crippen MR) is 127 cm³/mol. The Kier molecular flexibility index (Phi) is 4.62. The minimum Gasteiger partial charge on any atom is -0.486 e. The van der Waals surface area contributed by atoms with Crippen molar-refractivity contribution in [1.29, 1.82) is 0 Å². The number of halogens is 1. The van der Waals surface area contributed by atoms with Crippen molar-refractivity contribution in [2.24, 2.45) is 5.10 Å². The van der Waals surface area contributed by atoms with E-state index >= 15 is 0 Å². The Hall–Kier alpha value is -4.10. The molecule has 0 saturated carbocycles. The first-order chi connectivity index (χ1) is 16.2. The Balaban J connectivity index is 1.52. The maximum absolute atomic E-state index is 13.3. The number of fused-ring (bicyclic) bond motifs is 3. The number of ether oxygens (including phenoxy) is 2. The van der Waals surface area contributed by atoms with Crippen LogP contribution < -0.4 is 15.0 Å². The molecule has 162 valence electrons. The lowest BCUT2D eigenvalue weighted by atomic mass is 10.2. The third-order valence-electron chi connectivity index (χ3n) is 5.34. The third-order valence-corrected chi connectivity index (χ3v) is 5.58. The molecule has 0 bridgehead atoms. The number of furan rings is 1. The van der Waals surface area contributed by atoms with Gasteiger partial charge < -0.3 is 13.9 Å². The quantitative estimate of drug-likeness (QED) is 0.351. The van der Waals surface area contributed by atoms with Gasteiger partial charge in [0, 0.05) is 10.4 Å². The van der Waals surface area contributed by atoms with Gasteiger partial charge in [0.25, 0.3) is 5.56 Å². The lowest BCUT2D eigenvalue weighted by molar-refractivity contribution is 0.171. The van der Waals surface area contributed by atoms with Gasteiger partial charge >= 0.3 is 0 Å². The zero-order valence-corrected chi connectivity index (χ0v) is 18.0. The topological polar surface area (TPSA) is 78.9 Å². The molecule has 0 N–H and O–H groups in total. The summed E-state index contributed by atoms with van der Waals surface area (Å²) < 4.78 is 18.4. The summed E-state index contributed by atoms with van der Waals surface area (Å²) in [4.78, 5) is 18.0. The monoisotopic (exact) mass is 457 g/mol. The first-order valence-electron chi connectivity index (χ1n) is 10.3. The summed E-state index contributed by atoms with van der Waals surface area (Å²) in [5, 5.41) is 6.33. The van der Waals surface area contributed by atoms with Crippen molar-refractivity contribution in [2.75, 3.05) is 13.2 Å². The van der Waals surface area contributed by atoms with E-state index in [1.54, 1.807) is 48.7 Å². The number of nitrogens with zero attached hydrogens (tertiary/aromatic N) is 3. The fourth-order valence-electron chi connectivity index (χ4n) is 3.78. The number of aromatic nitrogens is 2. The Bertz CT molecular complexity index is 1620. The normalized spacial score (nSPS) is 13.2. The number of rotatable bonds is 3. The highest BCUT2D eigenvalue weighted by atomic mass is 35.5. The molecule has 0 unspecified atom stereocenters. The van der Waals surface area contributed by atoms with Crippen LogP contribution in [0.25, 0.3) is 33.5 Å². The van der Waals surface area contributed by atoms with Crippen molar-refractivity contribution in [2.45, 2.75) is 0 Å². The summed E-state index contributed by atoms with van der Waals surface area (Å²) in [6.45, 7) is 1.01. The fourth-order valence-corrected chi connectivity index (χ4v) is 3.96. The molecule has 6 rings (SSSR count). The Morgan fingerprint density at radius 3 is 2.73 bits per heavy atom. The zero-order chi connectivity index (χ0) is 22.4. The van der Waals surface area contributed by atoms with E-state index in [4.69, 9.17) is 25.5 Å². The summed E-state index contributed by atoms with van der Waals surface area (Å²) in [7, 11) is 0. The average molecular weight is 458 g/mol. The van der Waals surface area contributed by atoms with Crippen LogP contribution >= 0.6 is 11.6 Å². The van der Waals surface area contributed by atoms with E-state index in [9.17, 15) is 4.79 Å². The van der Waals surface area contributed by atoms with Gasteiger partial charge in [-0.25, -0.2) is 4.98 Å². The van der Waals surface area contributed by atoms with Crippen molar-refractivity contribution in [3.05, 3.63) is 87.7 Å². The van der Waals surface area contributed by atoms with Crippen LogP contribution in [-0.2, 0) is 0 Å². The second-order valence-corrected chi connectivity index (χ2v) is 7.95. The smallest absolute Gasteiger partial charge is 0.282 e. The first kappa shape index (κ1) is 19.6. The summed E-state index contributed by atoms with van der Waals surface area (Å²) >= 11 is 6.12. The van der Waals surface area contributed by atoms with Crippen LogP contribution in [0.3, 0.4) is 0 Å². The minimum atomic E-state index is -0.303. The molecule has 3 heterocycles. The van der Waals surface area contributed by atoms with Crippen LogP contribution in [0.1, 0.15) is 5.56 Å². The van der Waals surface area contributed by atoms with Gasteiger partial charge in [-0.1, -0.05) is 23.7 Å². The van der Waals surface area contributed by atoms with Crippen molar-refractivity contribution in [1.82, 2.24) is 9.66 Å². The van der Waals surface area contributed by atoms with E-state index in [0.29, 0.717) is 57.8 Å². The van der Waals surface area contributed by atoms with Crippen LogP contribution in [0.15, 0.2) is 81.0 Å². The second-order valence-electron chi connectivity index (χ2n) is 7.51. The number of benzene rings is 3. The molecule has 5 aromatic rings. The number of para-hydroxylation sites is 1. The van der Waals surface area contributed by atoms with Gasteiger partial charge in [-0.2, -0.15) is 9.78 Å². The molecule has 0 spiro atoms. The number of hydrogen-bond donors (Lipinski definition) is 0. The third kappa shape index (κ3) is 3.52. The highest BCUT2D eigenvalue weighted by Crippen LogP contribution is 2.31. The van der Waals surface area contributed by atoms with E-state index < -0.39 is 0 Å². The molecule has 0 radical (unpaired) electrons. The summed E-state index contributed by atoms with van der Waals surface area (Å²) in [5.41, 5.74) is 1.64. The van der Waals surface area contributed by atoms with E-state index in [1.807, 2.05) is 24.3 Å². The van der Waals surface area contributed by atoms with Crippen molar-refractivity contribution >= 4 is 39.7 Å². The molecule has 0 aliphatic carbocycles. The Morgan fingerprint density at radius 2 is 1.82 bits per heavy atom. The van der Waals surface area contributed by atoms with Crippen molar-refractivity contribution < 1.29 is 13.9 Å². The fraction of sp³-hybridized carbons (Fsp3) is 0.0800. The molecule has 3 aromatic carbocycles. The molecule has 1 aliphatic heterocycles. The standard InChI is InChI=1S/C25H16ClN3O4/c26-17-6-8-20-16(12-17)13-23(33-20)24-28-19-4-2-1-3-18(19)25(30)29(24)27-14-15-5-7-21-22(11-15)32-10-9-31-21/h1-8,11-14H,9-10H2. The van der Waals surface area contributed by atoms with Gasteiger partial charge in [-0.05, 0) is 60.2 Å². The molecule has 33 heavy (non-hydrogen) atoms. The molecular weight excluding hydrogens is 442 g/mol. The van der Waals surface area contributed by atoms with E-state index in [1.165, 1.54) is 4.68 Å². The minimum absolute atomic E-state index is 0.291. The highest BCUT2D eigenvalue weighted by molar-refractivity contribution is 6.31. The van der Waals surface area contributed by atoms with Gasteiger partial charge in [0.2, 0.25) is 5.82 Å². The molecule has 0 saturated heterocycles. The van der Waals surface area contributed by atoms with E-state index in [0.717, 1.165) is 10.9 Å². The summed E-state index contributed by atoms with van der Waals surface area (Å²) in [5.74, 6) is 2.03. The largest absolute Gasteiger partial charge is 0.486 e. The van der Waals surface area contributed by atoms with Gasteiger partial charge in [0.1, 0.15) is 18.8 Å². The molecule has 2 aromatic heterocycles. The van der Waals surface area contributed by atoms with Crippen LogP contribution in [0, 0.1) is 0 Å². The van der Waals surface area contributed by atoms with Gasteiger partial charge in [0.05, 0.1) is 17.1 Å². The average Bonchev–Trinajstić information content (AvgIpc) is 3.26. The maximum Gasteiger partial charge on any atom is 0.282 e.